The van der Waals surface area contributed by atoms with Gasteiger partial charge in [-0.3, -0.25) is 9.69 Å². The molecule has 1 amide bonds. The molecular formula is C15H30N4O. The van der Waals surface area contributed by atoms with Gasteiger partial charge in [0, 0.05) is 32.2 Å². The summed E-state index contributed by atoms with van der Waals surface area (Å²) in [6.45, 7) is 3.39. The van der Waals surface area contributed by atoms with Crippen molar-refractivity contribution in [2.24, 2.45) is 11.7 Å². The van der Waals surface area contributed by atoms with Crippen LogP contribution < -0.4 is 16.4 Å². The van der Waals surface area contributed by atoms with Crippen LogP contribution in [0.3, 0.4) is 0 Å². The SMILES string of the molecule is CNC(=O)CN1CCC(NC2CCCCC2CN)CC1. The number of amides is 1. The van der Waals surface area contributed by atoms with E-state index < -0.39 is 0 Å². The lowest BCUT2D eigenvalue weighted by Gasteiger charge is -2.38. The lowest BCUT2D eigenvalue weighted by molar-refractivity contribution is -0.122. The van der Waals surface area contributed by atoms with Crippen molar-refractivity contribution in [1.29, 1.82) is 0 Å². The van der Waals surface area contributed by atoms with E-state index in [0.717, 1.165) is 32.5 Å². The first kappa shape index (κ1) is 15.7. The van der Waals surface area contributed by atoms with Crippen molar-refractivity contribution in [1.82, 2.24) is 15.5 Å². The third-order valence-corrected chi connectivity index (χ3v) is 4.90. The third kappa shape index (κ3) is 4.43. The molecule has 2 rings (SSSR count). The molecule has 0 aromatic heterocycles. The molecule has 5 nitrogen and oxygen atoms in total. The molecular weight excluding hydrogens is 252 g/mol. The molecule has 116 valence electrons. The molecule has 4 N–H and O–H groups in total. The van der Waals surface area contributed by atoms with Gasteiger partial charge in [-0.2, -0.15) is 0 Å². The maximum atomic E-state index is 11.4. The van der Waals surface area contributed by atoms with E-state index in [4.69, 9.17) is 5.73 Å². The zero-order valence-electron chi connectivity index (χ0n) is 12.7. The van der Waals surface area contributed by atoms with Crippen molar-refractivity contribution >= 4 is 5.91 Å². The van der Waals surface area contributed by atoms with E-state index in [9.17, 15) is 4.79 Å². The Morgan fingerprint density at radius 3 is 2.55 bits per heavy atom. The van der Waals surface area contributed by atoms with Crippen LogP contribution in [0.5, 0.6) is 0 Å². The summed E-state index contributed by atoms with van der Waals surface area (Å²) in [6, 6.07) is 1.22. The minimum atomic E-state index is 0.117. The highest BCUT2D eigenvalue weighted by atomic mass is 16.1. The van der Waals surface area contributed by atoms with Crippen molar-refractivity contribution in [2.75, 3.05) is 33.2 Å². The second kappa shape index (κ2) is 7.96. The summed E-state index contributed by atoms with van der Waals surface area (Å²) >= 11 is 0. The zero-order chi connectivity index (χ0) is 14.4. The molecule has 0 aromatic rings. The average molecular weight is 282 g/mol. The molecule has 2 aliphatic rings. The summed E-state index contributed by atoms with van der Waals surface area (Å²) in [6.07, 6.45) is 7.52. The molecule has 2 atom stereocenters. The van der Waals surface area contributed by atoms with Gasteiger partial charge >= 0.3 is 0 Å². The molecule has 5 heteroatoms. The lowest BCUT2D eigenvalue weighted by atomic mass is 9.83. The van der Waals surface area contributed by atoms with Crippen LogP contribution in [0.1, 0.15) is 38.5 Å². The number of rotatable bonds is 5. The van der Waals surface area contributed by atoms with E-state index in [1.54, 1.807) is 7.05 Å². The molecule has 20 heavy (non-hydrogen) atoms. The summed E-state index contributed by atoms with van der Waals surface area (Å²) in [5, 5.41) is 6.53. The van der Waals surface area contributed by atoms with Gasteiger partial charge in [0.05, 0.1) is 6.54 Å². The first-order valence-corrected chi connectivity index (χ1v) is 8.12. The fourth-order valence-electron chi connectivity index (χ4n) is 3.55. The van der Waals surface area contributed by atoms with Crippen molar-refractivity contribution in [3.8, 4) is 0 Å². The number of nitrogens with zero attached hydrogens (tertiary/aromatic N) is 1. The van der Waals surface area contributed by atoms with E-state index >= 15 is 0 Å². The molecule has 0 aromatic carbocycles. The first-order chi connectivity index (χ1) is 9.72. The summed E-state index contributed by atoms with van der Waals surface area (Å²) in [7, 11) is 1.70. The van der Waals surface area contributed by atoms with Gasteiger partial charge < -0.3 is 16.4 Å². The normalized spacial score (nSPS) is 29.3. The summed E-state index contributed by atoms with van der Waals surface area (Å²) in [5.74, 6) is 0.777. The largest absolute Gasteiger partial charge is 0.358 e. The molecule has 1 saturated carbocycles. The van der Waals surface area contributed by atoms with Gasteiger partial charge in [-0.05, 0) is 38.1 Å². The Hall–Kier alpha value is -0.650. The predicted octanol–water partition coefficient (Wildman–Crippen LogP) is 0.304. The Morgan fingerprint density at radius 1 is 1.20 bits per heavy atom. The van der Waals surface area contributed by atoms with Crippen LogP contribution in [0, 0.1) is 5.92 Å². The molecule has 1 heterocycles. The number of carbonyl (C=O) groups is 1. The second-order valence-corrected chi connectivity index (χ2v) is 6.28. The maximum absolute atomic E-state index is 11.4. The topological polar surface area (TPSA) is 70.4 Å². The molecule has 0 spiro atoms. The monoisotopic (exact) mass is 282 g/mol. The fourth-order valence-corrected chi connectivity index (χ4v) is 3.55. The average Bonchev–Trinajstić information content (AvgIpc) is 2.49. The zero-order valence-corrected chi connectivity index (χ0v) is 12.7. The van der Waals surface area contributed by atoms with Crippen LogP contribution >= 0.6 is 0 Å². The van der Waals surface area contributed by atoms with Crippen molar-refractivity contribution in [2.45, 2.75) is 50.6 Å². The standard InChI is InChI=1S/C15H30N4O/c1-17-15(20)11-19-8-6-13(7-9-19)18-14-5-3-2-4-12(14)10-16/h12-14,18H,2-11,16H2,1H3,(H,17,20). The maximum Gasteiger partial charge on any atom is 0.233 e. The number of piperidine rings is 1. The highest BCUT2D eigenvalue weighted by Crippen LogP contribution is 2.25. The first-order valence-electron chi connectivity index (χ1n) is 8.12. The van der Waals surface area contributed by atoms with E-state index in [1.165, 1.54) is 25.7 Å². The van der Waals surface area contributed by atoms with Crippen LogP contribution in [0.2, 0.25) is 0 Å². The minimum Gasteiger partial charge on any atom is -0.358 e. The summed E-state index contributed by atoms with van der Waals surface area (Å²) < 4.78 is 0. The van der Waals surface area contributed by atoms with Crippen molar-refractivity contribution in [3.63, 3.8) is 0 Å². The van der Waals surface area contributed by atoms with Gasteiger partial charge in [0.1, 0.15) is 0 Å². The van der Waals surface area contributed by atoms with Gasteiger partial charge in [-0.15, -0.1) is 0 Å². The van der Waals surface area contributed by atoms with E-state index in [1.807, 2.05) is 0 Å². The smallest absolute Gasteiger partial charge is 0.233 e. The Kier molecular flexibility index (Phi) is 6.26. The number of carbonyl (C=O) groups excluding carboxylic acids is 1. The number of nitrogens with one attached hydrogen (secondary N) is 2. The van der Waals surface area contributed by atoms with Gasteiger partial charge in [-0.1, -0.05) is 12.8 Å². The number of likely N-dealkylation sites (tertiary alicyclic amines) is 1. The summed E-state index contributed by atoms with van der Waals surface area (Å²) in [5.41, 5.74) is 5.90. The van der Waals surface area contributed by atoms with Crippen LogP contribution in [-0.4, -0.2) is 56.1 Å². The summed E-state index contributed by atoms with van der Waals surface area (Å²) in [4.78, 5) is 13.6. The predicted molar refractivity (Wildman–Crippen MR) is 81.5 cm³/mol. The van der Waals surface area contributed by atoms with E-state index in [0.29, 0.717) is 24.5 Å². The van der Waals surface area contributed by atoms with Gasteiger partial charge in [0.25, 0.3) is 0 Å². The molecule has 0 radical (unpaired) electrons. The van der Waals surface area contributed by atoms with Crippen molar-refractivity contribution < 1.29 is 4.79 Å². The van der Waals surface area contributed by atoms with Crippen LogP contribution in [0.15, 0.2) is 0 Å². The highest BCUT2D eigenvalue weighted by molar-refractivity contribution is 5.77. The molecule has 1 saturated heterocycles. The molecule has 0 bridgehead atoms. The number of hydrogen-bond acceptors (Lipinski definition) is 4. The fraction of sp³-hybridized carbons (Fsp3) is 0.933. The third-order valence-electron chi connectivity index (χ3n) is 4.90. The van der Waals surface area contributed by atoms with Gasteiger partial charge in [0.15, 0.2) is 0 Å². The Balaban J connectivity index is 1.72. The highest BCUT2D eigenvalue weighted by Gasteiger charge is 2.28. The van der Waals surface area contributed by atoms with Crippen LogP contribution in [-0.2, 0) is 4.79 Å². The van der Waals surface area contributed by atoms with Crippen LogP contribution in [0.4, 0.5) is 0 Å². The van der Waals surface area contributed by atoms with E-state index in [-0.39, 0.29) is 5.91 Å². The molecule has 2 unspecified atom stereocenters. The van der Waals surface area contributed by atoms with E-state index in [2.05, 4.69) is 15.5 Å². The Labute approximate surface area is 122 Å². The van der Waals surface area contributed by atoms with Crippen LogP contribution in [0.25, 0.3) is 0 Å². The molecule has 1 aliphatic carbocycles. The molecule has 1 aliphatic heterocycles. The van der Waals surface area contributed by atoms with Gasteiger partial charge in [0.2, 0.25) is 5.91 Å². The number of nitrogens with two attached hydrogens (primary N) is 1. The Morgan fingerprint density at radius 2 is 1.90 bits per heavy atom. The van der Waals surface area contributed by atoms with Gasteiger partial charge in [-0.25, -0.2) is 0 Å². The Bertz CT molecular complexity index is 302. The quantitative estimate of drug-likeness (QED) is 0.678. The lowest BCUT2D eigenvalue weighted by Crippen LogP contribution is -2.51. The minimum absolute atomic E-state index is 0.117. The van der Waals surface area contributed by atoms with Crippen molar-refractivity contribution in [3.05, 3.63) is 0 Å². The number of likely N-dealkylation sites (N-methyl/N-ethyl adjacent to an activating group) is 1. The molecule has 2 fully saturated rings. The second-order valence-electron chi connectivity index (χ2n) is 6.28. The number of hydrogen-bond donors (Lipinski definition) is 3.